The molecule has 2 amide bonds. The number of benzene rings is 4. The number of nitrogen functional groups attached to an aromatic ring is 2. The lowest BCUT2D eigenvalue weighted by Crippen LogP contribution is -2.13. The second kappa shape index (κ2) is 8.84. The van der Waals surface area contributed by atoms with E-state index in [4.69, 9.17) is 11.5 Å². The van der Waals surface area contributed by atoms with Crippen LogP contribution >= 0.6 is 11.8 Å². The Balaban J connectivity index is 1.33. The van der Waals surface area contributed by atoms with Crippen LogP contribution in [0.15, 0.2) is 94.7 Å². The van der Waals surface area contributed by atoms with E-state index in [1.807, 2.05) is 24.3 Å². The molecule has 0 atom stereocenters. The molecule has 0 fully saturated rings. The summed E-state index contributed by atoms with van der Waals surface area (Å²) in [4.78, 5) is 27.3. The quantitative estimate of drug-likeness (QED) is 0.220. The maximum absolute atomic E-state index is 12.7. The van der Waals surface area contributed by atoms with Gasteiger partial charge in [0.05, 0.1) is 11.4 Å². The van der Waals surface area contributed by atoms with Crippen molar-refractivity contribution in [3.63, 3.8) is 0 Å². The van der Waals surface area contributed by atoms with Crippen LogP contribution in [0.3, 0.4) is 0 Å². The number of amides is 2. The van der Waals surface area contributed by atoms with Crippen LogP contribution < -0.4 is 27.4 Å². The molecular formula is C26H21N5O2S. The van der Waals surface area contributed by atoms with Crippen LogP contribution in [0.5, 0.6) is 0 Å². The van der Waals surface area contributed by atoms with E-state index in [-0.39, 0.29) is 11.8 Å². The normalized spacial score (nSPS) is 11.5. The largest absolute Gasteiger partial charge is 0.399 e. The average Bonchev–Trinajstić information content (AvgIpc) is 2.84. The second-order valence-corrected chi connectivity index (χ2v) is 8.88. The van der Waals surface area contributed by atoms with Crippen LogP contribution in [0, 0.1) is 0 Å². The monoisotopic (exact) mass is 467 g/mol. The number of carbonyl (C=O) groups excluding carboxylic acids is 2. The topological polar surface area (TPSA) is 122 Å². The van der Waals surface area contributed by atoms with Gasteiger partial charge in [-0.05, 0) is 84.9 Å². The number of nitrogens with two attached hydrogens (primary N) is 2. The van der Waals surface area contributed by atoms with Gasteiger partial charge in [-0.3, -0.25) is 9.59 Å². The highest BCUT2D eigenvalue weighted by Crippen LogP contribution is 2.44. The van der Waals surface area contributed by atoms with E-state index in [0.717, 1.165) is 21.2 Å². The number of hydrogen-bond donors (Lipinski definition) is 5. The van der Waals surface area contributed by atoms with Crippen LogP contribution in [0.4, 0.5) is 34.1 Å². The van der Waals surface area contributed by atoms with Crippen LogP contribution in [-0.2, 0) is 0 Å². The average molecular weight is 468 g/mol. The zero-order chi connectivity index (χ0) is 23.7. The summed E-state index contributed by atoms with van der Waals surface area (Å²) in [6.07, 6.45) is 0. The van der Waals surface area contributed by atoms with Crippen molar-refractivity contribution in [2.24, 2.45) is 0 Å². The van der Waals surface area contributed by atoms with Gasteiger partial charge in [-0.15, -0.1) is 0 Å². The summed E-state index contributed by atoms with van der Waals surface area (Å²) in [6, 6.07) is 25.0. The minimum Gasteiger partial charge on any atom is -0.399 e. The highest BCUT2D eigenvalue weighted by molar-refractivity contribution is 7.99. The van der Waals surface area contributed by atoms with Crippen molar-refractivity contribution < 1.29 is 9.59 Å². The number of carbonyl (C=O) groups is 2. The van der Waals surface area contributed by atoms with E-state index in [1.54, 1.807) is 60.7 Å². The van der Waals surface area contributed by atoms with E-state index in [2.05, 4.69) is 16.0 Å². The molecule has 0 saturated carbocycles. The smallest absolute Gasteiger partial charge is 0.255 e. The molecule has 34 heavy (non-hydrogen) atoms. The summed E-state index contributed by atoms with van der Waals surface area (Å²) in [5.74, 6) is -0.425. The van der Waals surface area contributed by atoms with E-state index < -0.39 is 0 Å². The second-order valence-electron chi connectivity index (χ2n) is 7.80. The summed E-state index contributed by atoms with van der Waals surface area (Å²) in [7, 11) is 0. The van der Waals surface area contributed by atoms with Gasteiger partial charge in [0.25, 0.3) is 11.8 Å². The Hall–Kier alpha value is -4.43. The predicted molar refractivity (Wildman–Crippen MR) is 138 cm³/mol. The third-order valence-electron chi connectivity index (χ3n) is 5.31. The molecule has 0 aromatic heterocycles. The third kappa shape index (κ3) is 4.53. The fourth-order valence-electron chi connectivity index (χ4n) is 3.51. The first-order chi connectivity index (χ1) is 16.4. The summed E-state index contributed by atoms with van der Waals surface area (Å²) >= 11 is 1.51. The lowest BCUT2D eigenvalue weighted by molar-refractivity contribution is 0.101. The Bertz CT molecular complexity index is 1300. The van der Waals surface area contributed by atoms with Crippen molar-refractivity contribution in [1.82, 2.24) is 0 Å². The van der Waals surface area contributed by atoms with Crippen molar-refractivity contribution in [3.8, 4) is 0 Å². The lowest BCUT2D eigenvalue weighted by Gasteiger charge is -2.22. The van der Waals surface area contributed by atoms with Gasteiger partial charge in [0.2, 0.25) is 0 Å². The summed E-state index contributed by atoms with van der Waals surface area (Å²) < 4.78 is 0. The van der Waals surface area contributed by atoms with Gasteiger partial charge in [-0.25, -0.2) is 0 Å². The number of fused-ring (bicyclic) bond motifs is 2. The van der Waals surface area contributed by atoms with Gasteiger partial charge in [-0.1, -0.05) is 11.8 Å². The van der Waals surface area contributed by atoms with Crippen molar-refractivity contribution in [2.45, 2.75) is 9.79 Å². The minimum atomic E-state index is -0.212. The molecule has 1 heterocycles. The Kier molecular flexibility index (Phi) is 5.57. The lowest BCUT2D eigenvalue weighted by atomic mass is 10.1. The highest BCUT2D eigenvalue weighted by atomic mass is 32.2. The fourth-order valence-corrected chi connectivity index (χ4v) is 4.57. The van der Waals surface area contributed by atoms with E-state index >= 15 is 0 Å². The van der Waals surface area contributed by atoms with Gasteiger partial charge in [0.15, 0.2) is 0 Å². The molecule has 168 valence electrons. The van der Waals surface area contributed by atoms with Crippen LogP contribution in [-0.4, -0.2) is 11.8 Å². The molecule has 1 aliphatic rings. The summed E-state index contributed by atoms with van der Waals surface area (Å²) in [5, 5.41) is 9.13. The third-order valence-corrected chi connectivity index (χ3v) is 6.43. The van der Waals surface area contributed by atoms with Gasteiger partial charge in [0.1, 0.15) is 0 Å². The zero-order valence-electron chi connectivity index (χ0n) is 18.0. The van der Waals surface area contributed by atoms with E-state index in [1.165, 1.54) is 11.8 Å². The molecule has 0 saturated heterocycles. The molecule has 5 rings (SSSR count). The highest BCUT2D eigenvalue weighted by Gasteiger charge is 2.19. The molecule has 0 bridgehead atoms. The van der Waals surface area contributed by atoms with Crippen molar-refractivity contribution >= 4 is 57.7 Å². The molecule has 0 spiro atoms. The molecular weight excluding hydrogens is 446 g/mol. The molecule has 4 aromatic rings. The predicted octanol–water partition coefficient (Wildman–Crippen LogP) is 5.56. The first kappa shape index (κ1) is 21.4. The molecule has 0 radical (unpaired) electrons. The van der Waals surface area contributed by atoms with Gasteiger partial charge in [0, 0.05) is 43.7 Å². The Morgan fingerprint density at radius 1 is 0.618 bits per heavy atom. The van der Waals surface area contributed by atoms with Crippen LogP contribution in [0.2, 0.25) is 0 Å². The van der Waals surface area contributed by atoms with Gasteiger partial charge >= 0.3 is 0 Å². The molecule has 1 aliphatic heterocycles. The SMILES string of the molecule is Nc1ccc(NC(=O)c2ccc3c(c2)Sc2cc(C(=O)Nc4ccc(N)cc4)ccc2N3)cc1. The maximum atomic E-state index is 12.7. The fraction of sp³-hybridized carbons (Fsp3) is 0. The van der Waals surface area contributed by atoms with Crippen LogP contribution in [0.25, 0.3) is 0 Å². The Labute approximate surface area is 200 Å². The van der Waals surface area contributed by atoms with Gasteiger partial charge < -0.3 is 27.4 Å². The van der Waals surface area contributed by atoms with E-state index in [0.29, 0.717) is 33.9 Å². The summed E-state index contributed by atoms with van der Waals surface area (Å²) in [6.45, 7) is 0. The minimum absolute atomic E-state index is 0.212. The number of nitrogens with one attached hydrogen (secondary N) is 3. The number of hydrogen-bond acceptors (Lipinski definition) is 6. The van der Waals surface area contributed by atoms with Crippen molar-refractivity contribution in [2.75, 3.05) is 27.4 Å². The standard InChI is InChI=1S/C26H21N5O2S/c27-17-3-7-19(8-4-17)29-25(32)15-1-11-21-23(13-15)34-24-14-16(2-12-22(24)31-21)26(33)30-20-9-5-18(28)6-10-20/h1-14,31H,27-28H2,(H,29,32)(H,30,33). The number of anilines is 6. The molecule has 4 aromatic carbocycles. The summed E-state index contributed by atoms with van der Waals surface area (Å²) in [5.41, 5.74) is 16.9. The Morgan fingerprint density at radius 3 is 1.44 bits per heavy atom. The first-order valence-electron chi connectivity index (χ1n) is 10.5. The van der Waals surface area contributed by atoms with E-state index in [9.17, 15) is 9.59 Å². The van der Waals surface area contributed by atoms with Crippen LogP contribution in [0.1, 0.15) is 20.7 Å². The maximum Gasteiger partial charge on any atom is 0.255 e. The molecule has 7 nitrogen and oxygen atoms in total. The molecule has 0 aliphatic carbocycles. The van der Waals surface area contributed by atoms with Crippen molar-refractivity contribution in [3.05, 3.63) is 96.1 Å². The first-order valence-corrected chi connectivity index (χ1v) is 11.3. The van der Waals surface area contributed by atoms with Gasteiger partial charge in [-0.2, -0.15) is 0 Å². The number of rotatable bonds is 4. The van der Waals surface area contributed by atoms with Crippen molar-refractivity contribution in [1.29, 1.82) is 0 Å². The molecule has 8 heteroatoms. The molecule has 0 unspecified atom stereocenters. The molecule has 7 N–H and O–H groups in total. The Morgan fingerprint density at radius 2 is 1.03 bits per heavy atom. The zero-order valence-corrected chi connectivity index (χ0v) is 18.8.